The van der Waals surface area contributed by atoms with Crippen LogP contribution in [0.25, 0.3) is 0 Å². The van der Waals surface area contributed by atoms with Gasteiger partial charge in [0.2, 0.25) is 0 Å². The lowest BCUT2D eigenvalue weighted by molar-refractivity contribution is -0.140. The van der Waals surface area contributed by atoms with Crippen molar-refractivity contribution < 1.29 is 17.6 Å². The van der Waals surface area contributed by atoms with E-state index >= 15 is 0 Å². The van der Waals surface area contributed by atoms with Crippen LogP contribution >= 0.6 is 11.8 Å². The second kappa shape index (κ2) is 8.03. The van der Waals surface area contributed by atoms with Crippen molar-refractivity contribution in [3.05, 3.63) is 35.1 Å². The highest BCUT2D eigenvalue weighted by atomic mass is 32.2. The highest BCUT2D eigenvalue weighted by Gasteiger charge is 2.34. The lowest BCUT2D eigenvalue weighted by Gasteiger charge is -2.21. The number of alkyl halides is 3. The summed E-state index contributed by atoms with van der Waals surface area (Å²) < 4.78 is 51.7. The van der Waals surface area contributed by atoms with Gasteiger partial charge in [-0.1, -0.05) is 26.8 Å². The topological polar surface area (TPSA) is 12.0 Å². The van der Waals surface area contributed by atoms with Gasteiger partial charge in [0.25, 0.3) is 0 Å². The summed E-state index contributed by atoms with van der Waals surface area (Å²) in [6.45, 7) is 6.69. The molecule has 0 aliphatic heterocycles. The van der Waals surface area contributed by atoms with Gasteiger partial charge in [0, 0.05) is 17.0 Å². The van der Waals surface area contributed by atoms with E-state index in [2.05, 4.69) is 19.2 Å². The van der Waals surface area contributed by atoms with Crippen LogP contribution in [-0.2, 0) is 6.18 Å². The van der Waals surface area contributed by atoms with Gasteiger partial charge in [-0.3, -0.25) is 0 Å². The normalized spacial score (nSPS) is 15.0. The lowest BCUT2D eigenvalue weighted by Crippen LogP contribution is -2.24. The molecule has 0 heterocycles. The molecule has 6 heteroatoms. The zero-order valence-electron chi connectivity index (χ0n) is 12.4. The van der Waals surface area contributed by atoms with Crippen LogP contribution in [0, 0.1) is 5.82 Å². The summed E-state index contributed by atoms with van der Waals surface area (Å²) in [5, 5.41) is 3.60. The average molecular weight is 323 g/mol. The van der Waals surface area contributed by atoms with Crippen LogP contribution in [0.1, 0.15) is 44.4 Å². The third-order valence-electron chi connectivity index (χ3n) is 3.27. The Labute approximate surface area is 127 Å². The predicted molar refractivity (Wildman–Crippen MR) is 80.0 cm³/mol. The highest BCUT2D eigenvalue weighted by Crippen LogP contribution is 2.33. The van der Waals surface area contributed by atoms with Crippen molar-refractivity contribution in [2.24, 2.45) is 0 Å². The second-order valence-corrected chi connectivity index (χ2v) is 6.37. The fourth-order valence-corrected chi connectivity index (χ4v) is 2.94. The van der Waals surface area contributed by atoms with E-state index in [1.165, 1.54) is 6.07 Å². The first-order valence-electron chi connectivity index (χ1n) is 7.01. The summed E-state index contributed by atoms with van der Waals surface area (Å²) in [7, 11) is 0. The molecule has 0 aromatic heterocycles. The molecule has 1 aromatic carbocycles. The molecule has 0 saturated carbocycles. The van der Waals surface area contributed by atoms with Gasteiger partial charge < -0.3 is 5.32 Å². The molecular weight excluding hydrogens is 302 g/mol. The summed E-state index contributed by atoms with van der Waals surface area (Å²) in [4.78, 5) is 0. The van der Waals surface area contributed by atoms with Gasteiger partial charge in [0.1, 0.15) is 5.82 Å². The quantitative estimate of drug-likeness (QED) is 0.707. The Bertz CT molecular complexity index is 448. The summed E-state index contributed by atoms with van der Waals surface area (Å²) >= 11 is 1.70. The van der Waals surface area contributed by atoms with Crippen LogP contribution in [0.2, 0.25) is 0 Å². The zero-order valence-corrected chi connectivity index (χ0v) is 13.2. The van der Waals surface area contributed by atoms with E-state index in [9.17, 15) is 17.6 Å². The molecule has 120 valence electrons. The first-order valence-corrected chi connectivity index (χ1v) is 8.06. The zero-order chi connectivity index (χ0) is 16.0. The number of rotatable bonds is 7. The van der Waals surface area contributed by atoms with Crippen molar-refractivity contribution in [3.63, 3.8) is 0 Å². The maximum Gasteiger partial charge on any atom is 0.419 e. The van der Waals surface area contributed by atoms with Crippen LogP contribution < -0.4 is 5.32 Å². The Morgan fingerprint density at radius 3 is 2.43 bits per heavy atom. The highest BCUT2D eigenvalue weighted by molar-refractivity contribution is 7.99. The third kappa shape index (κ3) is 5.51. The van der Waals surface area contributed by atoms with Gasteiger partial charge in [-0.2, -0.15) is 24.9 Å². The number of halogens is 4. The monoisotopic (exact) mass is 323 g/mol. The summed E-state index contributed by atoms with van der Waals surface area (Å²) in [5.74, 6) is -0.567. The Morgan fingerprint density at radius 2 is 1.90 bits per heavy atom. The van der Waals surface area contributed by atoms with Crippen molar-refractivity contribution in [1.82, 2.24) is 5.32 Å². The first-order chi connectivity index (χ1) is 9.79. The predicted octanol–water partition coefficient (Wildman–Crippen LogP) is 5.03. The van der Waals surface area contributed by atoms with Crippen LogP contribution in [0.3, 0.4) is 0 Å². The molecule has 1 aromatic rings. The fraction of sp³-hybridized carbons (Fsp3) is 0.600. The Morgan fingerprint density at radius 1 is 1.24 bits per heavy atom. The minimum atomic E-state index is -4.67. The molecule has 0 fully saturated rings. The van der Waals surface area contributed by atoms with Crippen molar-refractivity contribution in [2.45, 2.75) is 44.7 Å². The summed E-state index contributed by atoms with van der Waals surface area (Å²) in [5.41, 5.74) is -0.724. The van der Waals surface area contributed by atoms with Gasteiger partial charge in [-0.05, 0) is 30.7 Å². The molecule has 1 rings (SSSR count). The van der Waals surface area contributed by atoms with E-state index in [0.29, 0.717) is 23.1 Å². The molecule has 0 bridgehead atoms. The van der Waals surface area contributed by atoms with Crippen LogP contribution in [0.15, 0.2) is 18.2 Å². The standard InChI is InChI=1S/C15H21F4NS/c1-4-10(3)21-9-14(20-5-2)11-6-7-13(16)12(8-11)15(17,18)19/h6-8,10,14,20H,4-5,9H2,1-3H3. The largest absolute Gasteiger partial charge is 0.419 e. The van der Waals surface area contributed by atoms with Crippen LogP contribution in [-0.4, -0.2) is 17.5 Å². The van der Waals surface area contributed by atoms with E-state index < -0.39 is 17.6 Å². The molecule has 0 spiro atoms. The maximum atomic E-state index is 13.3. The van der Waals surface area contributed by atoms with Gasteiger partial charge in [-0.15, -0.1) is 0 Å². The molecule has 1 nitrogen and oxygen atoms in total. The molecular formula is C15H21F4NS. The van der Waals surface area contributed by atoms with E-state index in [4.69, 9.17) is 0 Å². The molecule has 0 aliphatic rings. The number of hydrogen-bond donors (Lipinski definition) is 1. The molecule has 1 N–H and O–H groups in total. The SMILES string of the molecule is CCNC(CSC(C)CC)c1ccc(F)c(C(F)(F)F)c1. The van der Waals surface area contributed by atoms with E-state index in [-0.39, 0.29) is 6.04 Å². The van der Waals surface area contributed by atoms with Crippen molar-refractivity contribution in [3.8, 4) is 0 Å². The molecule has 0 aliphatic carbocycles. The van der Waals surface area contributed by atoms with Crippen molar-refractivity contribution >= 4 is 11.8 Å². The first kappa shape index (κ1) is 18.3. The molecule has 21 heavy (non-hydrogen) atoms. The third-order valence-corrected chi connectivity index (χ3v) is 4.70. The minimum Gasteiger partial charge on any atom is -0.310 e. The van der Waals surface area contributed by atoms with E-state index in [1.54, 1.807) is 11.8 Å². The van der Waals surface area contributed by atoms with Crippen LogP contribution in [0.5, 0.6) is 0 Å². The van der Waals surface area contributed by atoms with Crippen molar-refractivity contribution in [2.75, 3.05) is 12.3 Å². The van der Waals surface area contributed by atoms with Gasteiger partial charge in [0.05, 0.1) is 5.56 Å². The maximum absolute atomic E-state index is 13.3. The Hall–Kier alpha value is -0.750. The molecule has 2 atom stereocenters. The fourth-order valence-electron chi connectivity index (χ4n) is 1.87. The molecule has 2 unspecified atom stereocenters. The molecule has 0 saturated heterocycles. The van der Waals surface area contributed by atoms with Gasteiger partial charge in [-0.25, -0.2) is 4.39 Å². The van der Waals surface area contributed by atoms with Gasteiger partial charge in [0.15, 0.2) is 0 Å². The van der Waals surface area contributed by atoms with E-state index in [0.717, 1.165) is 18.6 Å². The Balaban J connectivity index is 2.97. The van der Waals surface area contributed by atoms with Gasteiger partial charge >= 0.3 is 6.18 Å². The number of nitrogens with one attached hydrogen (secondary N) is 1. The molecule has 0 radical (unpaired) electrons. The lowest BCUT2D eigenvalue weighted by atomic mass is 10.0. The van der Waals surface area contributed by atoms with Crippen molar-refractivity contribution in [1.29, 1.82) is 0 Å². The average Bonchev–Trinajstić information content (AvgIpc) is 2.42. The van der Waals surface area contributed by atoms with Crippen LogP contribution in [0.4, 0.5) is 17.6 Å². The second-order valence-electron chi connectivity index (χ2n) is 4.90. The number of thioether (sulfide) groups is 1. The summed E-state index contributed by atoms with van der Waals surface area (Å²) in [6, 6.07) is 3.03. The summed E-state index contributed by atoms with van der Waals surface area (Å²) in [6.07, 6.45) is -3.67. The number of hydrogen-bond acceptors (Lipinski definition) is 2. The Kier molecular flexibility index (Phi) is 7.00. The number of benzene rings is 1. The van der Waals surface area contributed by atoms with E-state index in [1.807, 2.05) is 6.92 Å². The molecule has 0 amide bonds. The smallest absolute Gasteiger partial charge is 0.310 e. The minimum absolute atomic E-state index is 0.212.